The Morgan fingerprint density at radius 2 is 1.76 bits per heavy atom. The predicted molar refractivity (Wildman–Crippen MR) is 93.9 cm³/mol. The Morgan fingerprint density at radius 1 is 1.07 bits per heavy atom. The summed E-state index contributed by atoms with van der Waals surface area (Å²) in [6, 6.07) is 5.55. The van der Waals surface area contributed by atoms with Crippen molar-refractivity contribution in [2.75, 3.05) is 0 Å². The van der Waals surface area contributed by atoms with Crippen molar-refractivity contribution in [1.82, 2.24) is 19.8 Å². The number of halogens is 3. The monoisotopic (exact) mass is 406 g/mol. The van der Waals surface area contributed by atoms with Crippen molar-refractivity contribution >= 4 is 17.7 Å². The average molecular weight is 406 g/mol. The lowest BCUT2D eigenvalue weighted by atomic mass is 10.0. The Bertz CT molecular complexity index is 1010. The molecular weight excluding hydrogens is 389 g/mol. The normalized spacial score (nSPS) is 17.3. The van der Waals surface area contributed by atoms with Gasteiger partial charge in [0.15, 0.2) is 0 Å². The van der Waals surface area contributed by atoms with Gasteiger partial charge in [0.2, 0.25) is 11.8 Å². The topological polar surface area (TPSA) is 75.5 Å². The fourth-order valence-electron chi connectivity index (χ4n) is 3.66. The third kappa shape index (κ3) is 3.18. The highest BCUT2D eigenvalue weighted by Gasteiger charge is 2.40. The number of nitrogens with zero attached hydrogens (tertiary/aromatic N) is 4. The molecule has 0 spiro atoms. The zero-order chi connectivity index (χ0) is 20.9. The van der Waals surface area contributed by atoms with E-state index < -0.39 is 29.6 Å². The lowest BCUT2D eigenvalue weighted by Gasteiger charge is -2.32. The lowest BCUT2D eigenvalue weighted by Crippen LogP contribution is -2.51. The minimum absolute atomic E-state index is 0.000100. The van der Waals surface area contributed by atoms with Crippen LogP contribution in [0, 0.1) is 0 Å². The van der Waals surface area contributed by atoms with E-state index in [1.54, 1.807) is 13.0 Å². The molecule has 0 N–H and O–H groups in total. The second kappa shape index (κ2) is 6.71. The number of fused-ring (bicyclic) bond motifs is 1. The molecule has 2 aromatic rings. The number of benzene rings is 1. The Labute approximate surface area is 163 Å². The van der Waals surface area contributed by atoms with Crippen molar-refractivity contribution < 1.29 is 27.6 Å². The molecule has 0 unspecified atom stereocenters. The highest BCUT2D eigenvalue weighted by Crippen LogP contribution is 2.34. The molecule has 0 bridgehead atoms. The van der Waals surface area contributed by atoms with Crippen molar-refractivity contribution in [3.05, 3.63) is 41.1 Å². The van der Waals surface area contributed by atoms with E-state index in [1.807, 2.05) is 0 Å². The molecule has 0 atom stereocenters. The summed E-state index contributed by atoms with van der Waals surface area (Å²) in [5.41, 5.74) is 0.548. The molecule has 7 nitrogen and oxygen atoms in total. The van der Waals surface area contributed by atoms with Crippen LogP contribution < -0.4 is 0 Å². The van der Waals surface area contributed by atoms with Gasteiger partial charge in [-0.2, -0.15) is 23.3 Å². The maximum Gasteiger partial charge on any atom is 0.433 e. The van der Waals surface area contributed by atoms with Gasteiger partial charge in [0.05, 0.1) is 12.2 Å². The molecule has 1 aromatic heterocycles. The summed E-state index contributed by atoms with van der Waals surface area (Å²) in [7, 11) is 0. The van der Waals surface area contributed by atoms with Crippen LogP contribution in [0.4, 0.5) is 13.2 Å². The van der Waals surface area contributed by atoms with Gasteiger partial charge in [0.1, 0.15) is 5.69 Å². The number of aromatic nitrogens is 2. The van der Waals surface area contributed by atoms with Crippen LogP contribution in [0.5, 0.6) is 0 Å². The smallest absolute Gasteiger partial charge is 0.273 e. The van der Waals surface area contributed by atoms with Gasteiger partial charge < -0.3 is 0 Å². The minimum Gasteiger partial charge on any atom is -0.273 e. The lowest BCUT2D eigenvalue weighted by molar-refractivity contribution is -0.163. The molecule has 3 heterocycles. The van der Waals surface area contributed by atoms with Gasteiger partial charge in [-0.05, 0) is 37.1 Å². The average Bonchev–Trinajstić information content (AvgIpc) is 3.23. The Morgan fingerprint density at radius 3 is 2.34 bits per heavy atom. The first-order valence-electron chi connectivity index (χ1n) is 9.16. The minimum atomic E-state index is -4.53. The van der Waals surface area contributed by atoms with Gasteiger partial charge in [0.25, 0.3) is 5.91 Å². The van der Waals surface area contributed by atoms with Crippen molar-refractivity contribution in [1.29, 1.82) is 0 Å². The van der Waals surface area contributed by atoms with E-state index in [2.05, 4.69) is 5.10 Å². The van der Waals surface area contributed by atoms with Crippen LogP contribution in [0.2, 0.25) is 0 Å². The van der Waals surface area contributed by atoms with Crippen molar-refractivity contribution in [3.8, 4) is 11.3 Å². The van der Waals surface area contributed by atoms with Crippen LogP contribution in [-0.4, -0.2) is 37.5 Å². The van der Waals surface area contributed by atoms with Crippen LogP contribution in [0.25, 0.3) is 11.3 Å². The Hall–Kier alpha value is -3.17. The first-order chi connectivity index (χ1) is 13.7. The zero-order valence-electron chi connectivity index (χ0n) is 15.5. The summed E-state index contributed by atoms with van der Waals surface area (Å²) in [4.78, 5) is 37.0. The van der Waals surface area contributed by atoms with Crippen molar-refractivity contribution in [2.24, 2.45) is 0 Å². The molecule has 10 heteroatoms. The number of hydrogen-bond acceptors (Lipinski definition) is 4. The van der Waals surface area contributed by atoms with Gasteiger partial charge in [0, 0.05) is 30.5 Å². The largest absolute Gasteiger partial charge is 0.433 e. The summed E-state index contributed by atoms with van der Waals surface area (Å²) >= 11 is 0. The SMILES string of the molecule is CCn1nc(-c2ccc3c(c2)CN(N2C(=O)CCCC2=O)C3=O)cc1C(F)(F)F. The molecule has 4 rings (SSSR count). The first-order valence-corrected chi connectivity index (χ1v) is 9.16. The highest BCUT2D eigenvalue weighted by molar-refractivity contribution is 6.04. The standard InChI is InChI=1S/C19H17F3N4O3/c1-2-24-15(19(20,21)22)9-14(23-24)11-6-7-13-12(8-11)10-25(18(13)29)26-16(27)4-3-5-17(26)28/h6-9H,2-5,10H2,1H3. The highest BCUT2D eigenvalue weighted by atomic mass is 19.4. The molecule has 1 saturated heterocycles. The Balaban J connectivity index is 1.67. The molecule has 0 radical (unpaired) electrons. The number of carbonyl (C=O) groups excluding carboxylic acids is 3. The van der Waals surface area contributed by atoms with Crippen molar-refractivity contribution in [2.45, 2.75) is 45.5 Å². The number of aryl methyl sites for hydroxylation is 1. The summed E-state index contributed by atoms with van der Waals surface area (Å²) in [6.45, 7) is 1.63. The summed E-state index contributed by atoms with van der Waals surface area (Å²) in [5.74, 6) is -1.34. The van der Waals surface area contributed by atoms with E-state index in [-0.39, 0.29) is 31.6 Å². The van der Waals surface area contributed by atoms with Gasteiger partial charge in [-0.3, -0.25) is 19.1 Å². The van der Waals surface area contributed by atoms with E-state index in [4.69, 9.17) is 0 Å². The van der Waals surface area contributed by atoms with Crippen LogP contribution in [0.15, 0.2) is 24.3 Å². The summed E-state index contributed by atoms with van der Waals surface area (Å²) in [6.07, 6.45) is -3.70. The third-order valence-electron chi connectivity index (χ3n) is 5.05. The molecule has 29 heavy (non-hydrogen) atoms. The van der Waals surface area contributed by atoms with Gasteiger partial charge in [-0.1, -0.05) is 6.07 Å². The fraction of sp³-hybridized carbons (Fsp3) is 0.368. The van der Waals surface area contributed by atoms with E-state index in [1.165, 1.54) is 12.1 Å². The van der Waals surface area contributed by atoms with Crippen LogP contribution in [0.3, 0.4) is 0 Å². The molecule has 0 aliphatic carbocycles. The molecule has 1 aromatic carbocycles. The van der Waals surface area contributed by atoms with E-state index in [9.17, 15) is 27.6 Å². The second-order valence-electron chi connectivity index (χ2n) is 6.92. The number of rotatable bonds is 3. The number of hydrazine groups is 1. The predicted octanol–water partition coefficient (Wildman–Crippen LogP) is 3.00. The van der Waals surface area contributed by atoms with Gasteiger partial charge in [-0.15, -0.1) is 0 Å². The number of hydrogen-bond donors (Lipinski definition) is 0. The van der Waals surface area contributed by atoms with E-state index in [0.717, 1.165) is 20.8 Å². The number of amides is 3. The van der Waals surface area contributed by atoms with Crippen LogP contribution >= 0.6 is 0 Å². The van der Waals surface area contributed by atoms with Crippen LogP contribution in [-0.2, 0) is 28.9 Å². The maximum atomic E-state index is 13.2. The third-order valence-corrected chi connectivity index (χ3v) is 5.05. The maximum absolute atomic E-state index is 13.2. The number of imide groups is 1. The summed E-state index contributed by atoms with van der Waals surface area (Å²) < 4.78 is 40.4. The Kier molecular flexibility index (Phi) is 4.44. The van der Waals surface area contributed by atoms with E-state index in [0.29, 0.717) is 23.1 Å². The van der Waals surface area contributed by atoms with Crippen molar-refractivity contribution in [3.63, 3.8) is 0 Å². The molecule has 1 fully saturated rings. The zero-order valence-corrected chi connectivity index (χ0v) is 15.5. The number of alkyl halides is 3. The summed E-state index contributed by atoms with van der Waals surface area (Å²) in [5, 5.41) is 6.01. The first kappa shape index (κ1) is 19.2. The van der Waals surface area contributed by atoms with Gasteiger partial charge in [-0.25, -0.2) is 5.01 Å². The fourth-order valence-corrected chi connectivity index (χ4v) is 3.66. The molecule has 152 valence electrons. The van der Waals surface area contributed by atoms with E-state index >= 15 is 0 Å². The molecule has 0 saturated carbocycles. The quantitative estimate of drug-likeness (QED) is 0.735. The number of piperidine rings is 1. The van der Waals surface area contributed by atoms with Crippen LogP contribution in [0.1, 0.15) is 47.8 Å². The molecular formula is C19H17F3N4O3. The molecule has 3 amide bonds. The second-order valence-corrected chi connectivity index (χ2v) is 6.92. The number of carbonyl (C=O) groups is 3. The molecule has 2 aliphatic heterocycles. The van der Waals surface area contributed by atoms with Gasteiger partial charge >= 0.3 is 6.18 Å². The molecule has 2 aliphatic rings.